The molecule has 2 fully saturated rings. The molecule has 18 heavy (non-hydrogen) atoms. The molecule has 0 amide bonds. The Hall–Kier alpha value is -0.910. The molecule has 98 valence electrons. The Balaban J connectivity index is 1.61. The van der Waals surface area contributed by atoms with E-state index in [1.54, 1.807) is 6.07 Å². The van der Waals surface area contributed by atoms with E-state index in [-0.39, 0.29) is 0 Å². The Morgan fingerprint density at radius 3 is 3.00 bits per heavy atom. The fourth-order valence-electron chi connectivity index (χ4n) is 2.89. The number of fused-ring (bicyclic) bond motifs is 2. The van der Waals surface area contributed by atoms with Crippen LogP contribution in [0.3, 0.4) is 0 Å². The number of thiophene rings is 1. The molecular formula is C13H17NO3S. The Kier molecular flexibility index (Phi) is 3.13. The van der Waals surface area contributed by atoms with Crippen LogP contribution >= 0.6 is 11.3 Å². The summed E-state index contributed by atoms with van der Waals surface area (Å²) >= 11 is 1.35. The Bertz CT molecular complexity index is 471. The summed E-state index contributed by atoms with van der Waals surface area (Å²) in [5, 5.41) is 12.5. The second-order valence-electron chi connectivity index (χ2n) is 5.09. The second kappa shape index (κ2) is 4.64. The van der Waals surface area contributed by atoms with Gasteiger partial charge < -0.3 is 15.2 Å². The van der Waals surface area contributed by atoms with Gasteiger partial charge in [-0.1, -0.05) is 0 Å². The van der Waals surface area contributed by atoms with E-state index in [0.717, 1.165) is 29.8 Å². The number of hydrogen-bond acceptors (Lipinski definition) is 4. The lowest BCUT2D eigenvalue weighted by molar-refractivity contribution is 0.0702. The zero-order chi connectivity index (χ0) is 12.7. The van der Waals surface area contributed by atoms with E-state index in [4.69, 9.17) is 9.84 Å². The maximum atomic E-state index is 10.9. The van der Waals surface area contributed by atoms with Gasteiger partial charge in [0.05, 0.1) is 12.2 Å². The van der Waals surface area contributed by atoms with Gasteiger partial charge in [-0.2, -0.15) is 0 Å². The number of carboxylic acids is 1. The van der Waals surface area contributed by atoms with Crippen molar-refractivity contribution in [2.24, 2.45) is 0 Å². The summed E-state index contributed by atoms with van der Waals surface area (Å²) in [7, 11) is 0. The van der Waals surface area contributed by atoms with Crippen LogP contribution in [-0.4, -0.2) is 29.3 Å². The van der Waals surface area contributed by atoms with Crippen molar-refractivity contribution in [2.75, 3.05) is 0 Å². The molecule has 0 spiro atoms. The van der Waals surface area contributed by atoms with E-state index in [2.05, 4.69) is 5.32 Å². The lowest BCUT2D eigenvalue weighted by Crippen LogP contribution is -2.37. The molecule has 2 bridgehead atoms. The van der Waals surface area contributed by atoms with Gasteiger partial charge in [0, 0.05) is 17.5 Å². The number of carbonyl (C=O) groups is 1. The first-order valence-corrected chi connectivity index (χ1v) is 7.16. The number of ether oxygens (including phenoxy) is 1. The van der Waals surface area contributed by atoms with Crippen molar-refractivity contribution in [1.29, 1.82) is 0 Å². The van der Waals surface area contributed by atoms with Crippen LogP contribution in [0.1, 0.15) is 39.4 Å². The van der Waals surface area contributed by atoms with Crippen molar-refractivity contribution in [3.8, 4) is 0 Å². The van der Waals surface area contributed by atoms with Crippen LogP contribution in [0.2, 0.25) is 0 Å². The van der Waals surface area contributed by atoms with E-state index in [1.165, 1.54) is 17.8 Å². The molecule has 3 unspecified atom stereocenters. The molecule has 3 atom stereocenters. The van der Waals surface area contributed by atoms with E-state index in [9.17, 15) is 4.79 Å². The van der Waals surface area contributed by atoms with Gasteiger partial charge in [0.1, 0.15) is 4.88 Å². The maximum absolute atomic E-state index is 10.9. The SMILES string of the molecule is Cc1sc(C(=O)O)cc1CNC1CC2CCC1O2. The molecule has 2 N–H and O–H groups in total. The number of carboxylic acid groups (broad SMARTS) is 1. The first kappa shape index (κ1) is 12.1. The summed E-state index contributed by atoms with van der Waals surface area (Å²) in [4.78, 5) is 12.4. The van der Waals surface area contributed by atoms with Gasteiger partial charge in [-0.15, -0.1) is 11.3 Å². The molecule has 0 aromatic carbocycles. The molecule has 3 rings (SSSR count). The number of nitrogens with one attached hydrogen (secondary N) is 1. The van der Waals surface area contributed by atoms with E-state index in [0.29, 0.717) is 23.1 Å². The molecule has 2 aliphatic heterocycles. The van der Waals surface area contributed by atoms with Crippen LogP contribution in [0, 0.1) is 6.92 Å². The molecule has 5 heteroatoms. The largest absolute Gasteiger partial charge is 0.477 e. The Morgan fingerprint density at radius 2 is 2.44 bits per heavy atom. The van der Waals surface area contributed by atoms with Crippen LogP contribution in [0.4, 0.5) is 0 Å². The van der Waals surface area contributed by atoms with Gasteiger partial charge >= 0.3 is 5.97 Å². The topological polar surface area (TPSA) is 58.6 Å². The minimum atomic E-state index is -0.836. The number of rotatable bonds is 4. The van der Waals surface area contributed by atoms with Gasteiger partial charge in [-0.3, -0.25) is 0 Å². The van der Waals surface area contributed by atoms with Crippen molar-refractivity contribution in [3.05, 3.63) is 21.4 Å². The van der Waals surface area contributed by atoms with Crippen LogP contribution in [-0.2, 0) is 11.3 Å². The highest BCUT2D eigenvalue weighted by atomic mass is 32.1. The zero-order valence-electron chi connectivity index (χ0n) is 10.3. The van der Waals surface area contributed by atoms with Crippen LogP contribution in [0.15, 0.2) is 6.07 Å². The predicted octanol–water partition coefficient (Wildman–Crippen LogP) is 2.16. The third kappa shape index (κ3) is 2.18. The van der Waals surface area contributed by atoms with Gasteiger partial charge in [-0.05, 0) is 37.8 Å². The van der Waals surface area contributed by atoms with Gasteiger partial charge in [0.15, 0.2) is 0 Å². The minimum absolute atomic E-state index is 0.368. The fourth-order valence-corrected chi connectivity index (χ4v) is 3.77. The van der Waals surface area contributed by atoms with Crippen molar-refractivity contribution in [2.45, 2.75) is 51.0 Å². The van der Waals surface area contributed by atoms with E-state index < -0.39 is 5.97 Å². The first-order valence-electron chi connectivity index (χ1n) is 6.35. The highest BCUT2D eigenvalue weighted by molar-refractivity contribution is 7.14. The normalized spacial score (nSPS) is 29.9. The number of aromatic carboxylic acids is 1. The summed E-state index contributed by atoms with van der Waals surface area (Å²) in [6.07, 6.45) is 4.27. The predicted molar refractivity (Wildman–Crippen MR) is 69.2 cm³/mol. The van der Waals surface area contributed by atoms with Crippen molar-refractivity contribution >= 4 is 17.3 Å². The number of hydrogen-bond donors (Lipinski definition) is 2. The molecule has 4 nitrogen and oxygen atoms in total. The average Bonchev–Trinajstić information content (AvgIpc) is 3.01. The smallest absolute Gasteiger partial charge is 0.345 e. The van der Waals surface area contributed by atoms with Gasteiger partial charge in [0.2, 0.25) is 0 Å². The standard InChI is InChI=1S/C13H17NO3S/c1-7-8(4-12(18-7)13(15)16)6-14-10-5-9-2-3-11(10)17-9/h4,9-11,14H,2-3,5-6H2,1H3,(H,15,16). The van der Waals surface area contributed by atoms with Crippen LogP contribution in [0.25, 0.3) is 0 Å². The molecule has 0 radical (unpaired) electrons. The summed E-state index contributed by atoms with van der Waals surface area (Å²) in [6, 6.07) is 2.22. The second-order valence-corrected chi connectivity index (χ2v) is 6.35. The first-order chi connectivity index (χ1) is 8.63. The quantitative estimate of drug-likeness (QED) is 0.877. The monoisotopic (exact) mass is 267 g/mol. The molecular weight excluding hydrogens is 250 g/mol. The lowest BCUT2D eigenvalue weighted by Gasteiger charge is -2.19. The number of aryl methyl sites for hydroxylation is 1. The lowest BCUT2D eigenvalue weighted by atomic mass is 9.95. The maximum Gasteiger partial charge on any atom is 0.345 e. The average molecular weight is 267 g/mol. The fraction of sp³-hybridized carbons (Fsp3) is 0.615. The summed E-state index contributed by atoms with van der Waals surface area (Å²) < 4.78 is 5.79. The third-order valence-corrected chi connectivity index (χ3v) is 4.97. The molecule has 1 aromatic heterocycles. The molecule has 0 saturated carbocycles. The summed E-state index contributed by atoms with van der Waals surface area (Å²) in [6.45, 7) is 2.72. The van der Waals surface area contributed by atoms with Gasteiger partial charge in [-0.25, -0.2) is 4.79 Å². The van der Waals surface area contributed by atoms with Crippen molar-refractivity contribution < 1.29 is 14.6 Å². The Labute approximate surface area is 110 Å². The third-order valence-electron chi connectivity index (χ3n) is 3.89. The van der Waals surface area contributed by atoms with Gasteiger partial charge in [0.25, 0.3) is 0 Å². The van der Waals surface area contributed by atoms with Crippen LogP contribution < -0.4 is 5.32 Å². The van der Waals surface area contributed by atoms with Crippen molar-refractivity contribution in [3.63, 3.8) is 0 Å². The zero-order valence-corrected chi connectivity index (χ0v) is 11.1. The molecule has 1 aromatic rings. The van der Waals surface area contributed by atoms with Crippen LogP contribution in [0.5, 0.6) is 0 Å². The summed E-state index contributed by atoms with van der Waals surface area (Å²) in [5.41, 5.74) is 1.10. The molecule has 2 aliphatic rings. The molecule has 0 aliphatic carbocycles. The summed E-state index contributed by atoms with van der Waals surface area (Å²) in [5.74, 6) is -0.836. The highest BCUT2D eigenvalue weighted by Gasteiger charge is 2.40. The van der Waals surface area contributed by atoms with E-state index in [1.807, 2.05) is 6.92 Å². The van der Waals surface area contributed by atoms with E-state index >= 15 is 0 Å². The highest BCUT2D eigenvalue weighted by Crippen LogP contribution is 2.34. The van der Waals surface area contributed by atoms with Crippen molar-refractivity contribution in [1.82, 2.24) is 5.32 Å². The Morgan fingerprint density at radius 1 is 1.61 bits per heavy atom. The minimum Gasteiger partial charge on any atom is -0.477 e. The molecule has 2 saturated heterocycles. The molecule has 3 heterocycles.